The van der Waals surface area contributed by atoms with Crippen LogP contribution in [0.1, 0.15) is 24.0 Å². The molecule has 4 atom stereocenters. The van der Waals surface area contributed by atoms with E-state index in [1.165, 1.54) is 67.8 Å². The van der Waals surface area contributed by atoms with Crippen LogP contribution in [0.25, 0.3) is 40.3 Å². The van der Waals surface area contributed by atoms with E-state index >= 15 is 0 Å². The van der Waals surface area contributed by atoms with E-state index in [0.717, 1.165) is 41.9 Å². The van der Waals surface area contributed by atoms with Crippen LogP contribution in [0, 0.1) is 23.7 Å². The maximum absolute atomic E-state index is 4.41. The van der Waals surface area contributed by atoms with Gasteiger partial charge in [-0.3, -0.25) is 0 Å². The average Bonchev–Trinajstić information content (AvgIpc) is 4.08. The predicted molar refractivity (Wildman–Crippen MR) is 215 cm³/mol. The maximum Gasteiger partial charge on any atom is 0.0409 e. The standard InChI is InChI=1S/C36H32N2.C12H12/c1-26-12-9-18-31-33-17-8-7-13-27-14-10-19-34(36(27)33)32(35(26)31)20-11-25-37(2)28-21-23-30(24-22-28)38(3)29-15-5-4-6-16-29;1-2-8-5-11(8)12-6-10-4-9(10)3-7(1)12/h4-12,14-24H,1,13,25H2,2-3H3;1-3,6,8-11H,4-5H2/b20-11-;. The smallest absolute Gasteiger partial charge is 0.0409 e. The van der Waals surface area contributed by atoms with Crippen molar-refractivity contribution in [3.05, 3.63) is 166 Å². The zero-order valence-corrected chi connectivity index (χ0v) is 29.1. The molecule has 2 fully saturated rings. The third kappa shape index (κ3) is 5.63. The van der Waals surface area contributed by atoms with Crippen LogP contribution in [0.2, 0.25) is 0 Å². The molecule has 0 spiro atoms. The normalized spacial score (nSPS) is 21.9. The highest BCUT2D eigenvalue weighted by Crippen LogP contribution is 2.57. The topological polar surface area (TPSA) is 6.48 Å². The van der Waals surface area contributed by atoms with Gasteiger partial charge < -0.3 is 9.80 Å². The molecule has 5 aromatic carbocycles. The van der Waals surface area contributed by atoms with Crippen LogP contribution in [-0.4, -0.2) is 20.6 Å². The number of allylic oxidation sites excluding steroid dienone is 8. The minimum absolute atomic E-state index is 0.811. The Labute approximate surface area is 296 Å². The Morgan fingerprint density at radius 2 is 1.50 bits per heavy atom. The highest BCUT2D eigenvalue weighted by Gasteiger charge is 2.46. The predicted octanol–water partition coefficient (Wildman–Crippen LogP) is 9.91. The molecule has 0 radical (unpaired) electrons. The van der Waals surface area contributed by atoms with E-state index in [-0.39, 0.29) is 0 Å². The van der Waals surface area contributed by atoms with Crippen LogP contribution in [-0.2, 0) is 6.42 Å². The van der Waals surface area contributed by atoms with Gasteiger partial charge >= 0.3 is 0 Å². The number of likely N-dealkylation sites (N-methyl/N-ethyl adjacent to an activating group) is 1. The van der Waals surface area contributed by atoms with Gasteiger partial charge in [-0.25, -0.2) is 0 Å². The molecule has 50 heavy (non-hydrogen) atoms. The number of benzene rings is 5. The number of fused-ring (bicyclic) bond motifs is 6. The molecule has 5 aromatic rings. The highest BCUT2D eigenvalue weighted by atomic mass is 15.1. The van der Waals surface area contributed by atoms with Crippen LogP contribution >= 0.6 is 0 Å². The second-order valence-electron chi connectivity index (χ2n) is 14.7. The molecule has 4 unspecified atom stereocenters. The lowest BCUT2D eigenvalue weighted by Crippen LogP contribution is -2.17. The van der Waals surface area contributed by atoms with Gasteiger partial charge in [-0.05, 0) is 134 Å². The van der Waals surface area contributed by atoms with Crippen LogP contribution in [0.5, 0.6) is 0 Å². The van der Waals surface area contributed by atoms with Gasteiger partial charge in [-0.2, -0.15) is 0 Å². The maximum atomic E-state index is 4.41. The Morgan fingerprint density at radius 1 is 0.740 bits per heavy atom. The first kappa shape index (κ1) is 30.7. The average molecular weight is 649 g/mol. The number of hydrogen-bond donors (Lipinski definition) is 0. The molecule has 0 saturated heterocycles. The van der Waals surface area contributed by atoms with Gasteiger partial charge in [0.25, 0.3) is 0 Å². The molecular weight excluding hydrogens is 605 g/mol. The first-order chi connectivity index (χ1) is 24.5. The Morgan fingerprint density at radius 3 is 2.36 bits per heavy atom. The minimum Gasteiger partial charge on any atom is -0.371 e. The van der Waals surface area contributed by atoms with Crippen molar-refractivity contribution in [2.24, 2.45) is 23.7 Å². The first-order valence-electron chi connectivity index (χ1n) is 18.2. The van der Waals surface area contributed by atoms with Gasteiger partial charge in [0.2, 0.25) is 0 Å². The summed E-state index contributed by atoms with van der Waals surface area (Å²) in [4.78, 5) is 4.49. The molecule has 2 saturated carbocycles. The molecule has 5 aliphatic carbocycles. The number of para-hydroxylation sites is 1. The first-order valence-corrected chi connectivity index (χ1v) is 18.2. The van der Waals surface area contributed by atoms with E-state index in [2.05, 4.69) is 170 Å². The van der Waals surface area contributed by atoms with E-state index in [1.54, 1.807) is 11.1 Å². The van der Waals surface area contributed by atoms with Crippen molar-refractivity contribution in [1.29, 1.82) is 0 Å². The van der Waals surface area contributed by atoms with E-state index in [9.17, 15) is 0 Å². The Kier molecular flexibility index (Phi) is 7.69. The molecule has 5 aliphatic rings. The molecule has 10 rings (SSSR count). The SMILES string of the molecule is C1=CC2CC2C2=CC3CC3C=C12.C=c1cccc2c3c4c(cccc4c(/C=C\CN(C)c4ccc(N(C)c5ccccc5)cc4)c12)CC=CC=3. The summed E-state index contributed by atoms with van der Waals surface area (Å²) in [5, 5.41) is 7.55. The molecule has 0 heterocycles. The molecule has 246 valence electrons. The largest absolute Gasteiger partial charge is 0.371 e. The summed E-state index contributed by atoms with van der Waals surface area (Å²) in [6.07, 6.45) is 24.9. The molecular formula is C48H44N2. The Balaban J connectivity index is 0.000000231. The summed E-state index contributed by atoms with van der Waals surface area (Å²) >= 11 is 0. The van der Waals surface area contributed by atoms with E-state index in [1.807, 2.05) is 6.07 Å². The quantitative estimate of drug-likeness (QED) is 0.169. The fourth-order valence-corrected chi connectivity index (χ4v) is 8.37. The van der Waals surface area contributed by atoms with Crippen molar-refractivity contribution in [1.82, 2.24) is 0 Å². The van der Waals surface area contributed by atoms with Crippen molar-refractivity contribution in [3.8, 4) is 0 Å². The van der Waals surface area contributed by atoms with E-state index in [0.29, 0.717) is 0 Å². The molecule has 2 nitrogen and oxygen atoms in total. The molecule has 2 heteroatoms. The molecule has 0 bridgehead atoms. The van der Waals surface area contributed by atoms with Crippen molar-refractivity contribution < 1.29 is 0 Å². The lowest BCUT2D eigenvalue weighted by atomic mass is 9.90. The summed E-state index contributed by atoms with van der Waals surface area (Å²) in [7, 11) is 4.25. The monoisotopic (exact) mass is 648 g/mol. The third-order valence-electron chi connectivity index (χ3n) is 11.4. The van der Waals surface area contributed by atoms with E-state index < -0.39 is 0 Å². The zero-order valence-electron chi connectivity index (χ0n) is 29.1. The lowest BCUT2D eigenvalue weighted by Gasteiger charge is -2.22. The highest BCUT2D eigenvalue weighted by molar-refractivity contribution is 6.09. The number of hydrogen-bond acceptors (Lipinski definition) is 2. The van der Waals surface area contributed by atoms with E-state index in [4.69, 9.17) is 0 Å². The van der Waals surface area contributed by atoms with Crippen molar-refractivity contribution >= 4 is 57.3 Å². The second kappa shape index (κ2) is 12.5. The molecule has 0 aromatic heterocycles. The second-order valence-corrected chi connectivity index (χ2v) is 14.7. The summed E-state index contributed by atoms with van der Waals surface area (Å²) in [6.45, 7) is 5.22. The molecule has 0 N–H and O–H groups in total. The van der Waals surface area contributed by atoms with Crippen LogP contribution in [0.4, 0.5) is 17.1 Å². The van der Waals surface area contributed by atoms with Gasteiger partial charge in [0.15, 0.2) is 0 Å². The summed E-state index contributed by atoms with van der Waals surface area (Å²) in [5.74, 6) is 3.71. The van der Waals surface area contributed by atoms with Crippen LogP contribution in [0.15, 0.2) is 145 Å². The minimum atomic E-state index is 0.811. The summed E-state index contributed by atoms with van der Waals surface area (Å²) in [6, 6.07) is 32.4. The third-order valence-corrected chi connectivity index (χ3v) is 11.4. The van der Waals surface area contributed by atoms with Crippen molar-refractivity contribution in [3.63, 3.8) is 0 Å². The fourth-order valence-electron chi connectivity index (χ4n) is 8.37. The lowest BCUT2D eigenvalue weighted by molar-refractivity contribution is 0.853. The van der Waals surface area contributed by atoms with Crippen molar-refractivity contribution in [2.45, 2.75) is 19.3 Å². The number of anilines is 3. The Bertz CT molecular complexity index is 2390. The molecule has 0 aliphatic heterocycles. The van der Waals surface area contributed by atoms with Crippen LogP contribution < -0.4 is 20.2 Å². The fraction of sp³-hybridized carbons (Fsp3) is 0.208. The Hall–Kier alpha value is -5.34. The van der Waals surface area contributed by atoms with Gasteiger partial charge in [0.1, 0.15) is 0 Å². The van der Waals surface area contributed by atoms with Gasteiger partial charge in [-0.15, -0.1) is 0 Å². The van der Waals surface area contributed by atoms with Gasteiger partial charge in [0, 0.05) is 37.7 Å². The van der Waals surface area contributed by atoms with Crippen molar-refractivity contribution in [2.75, 3.05) is 30.4 Å². The van der Waals surface area contributed by atoms with Gasteiger partial charge in [0.05, 0.1) is 0 Å². The number of nitrogens with zero attached hydrogens (tertiary/aromatic N) is 2. The summed E-state index contributed by atoms with van der Waals surface area (Å²) < 4.78 is 0. The zero-order chi connectivity index (χ0) is 33.8. The molecule has 0 amide bonds. The summed E-state index contributed by atoms with van der Waals surface area (Å²) in [5.41, 5.74) is 9.44. The van der Waals surface area contributed by atoms with Gasteiger partial charge in [-0.1, -0.05) is 116 Å². The van der Waals surface area contributed by atoms with Crippen LogP contribution in [0.3, 0.4) is 0 Å². The number of rotatable bonds is 6.